The van der Waals surface area contributed by atoms with E-state index in [2.05, 4.69) is 25.2 Å². The average Bonchev–Trinajstić information content (AvgIpc) is 2.60. The summed E-state index contributed by atoms with van der Waals surface area (Å²) in [6.45, 7) is 4.88. The van der Waals surface area contributed by atoms with Crippen LogP contribution >= 0.6 is 0 Å². The second kappa shape index (κ2) is 3.37. The highest BCUT2D eigenvalue weighted by Gasteiger charge is 2.34. The lowest BCUT2D eigenvalue weighted by atomic mass is 9.91. The summed E-state index contributed by atoms with van der Waals surface area (Å²) in [7, 11) is 0.0378. The summed E-state index contributed by atoms with van der Waals surface area (Å²) in [5.41, 5.74) is 0. The molecule has 3 unspecified atom stereocenters. The zero-order chi connectivity index (χ0) is 8.55. The fraction of sp³-hybridized carbons (Fsp3) is 0.818. The predicted molar refractivity (Wildman–Crippen MR) is 55.8 cm³/mol. The highest BCUT2D eigenvalue weighted by atomic mass is 28.3. The highest BCUT2D eigenvalue weighted by Crippen LogP contribution is 2.45. The third-order valence-corrected chi connectivity index (χ3v) is 4.72. The average molecular weight is 179 g/mol. The normalized spacial score (nSPS) is 38.4. The molecular formula is C11H19Si-. The Hall–Kier alpha value is -0.0431. The maximum Gasteiger partial charge on any atom is -0.0200 e. The van der Waals surface area contributed by atoms with E-state index in [0.29, 0.717) is 0 Å². The van der Waals surface area contributed by atoms with Crippen LogP contribution in [0.2, 0.25) is 19.1 Å². The summed E-state index contributed by atoms with van der Waals surface area (Å²) in [4.78, 5) is 0. The molecule has 0 radical (unpaired) electrons. The maximum absolute atomic E-state index is 2.48. The Labute approximate surface area is 77.7 Å². The molecule has 2 aliphatic carbocycles. The molecule has 0 aliphatic heterocycles. The number of fused-ring (bicyclic) bond motifs is 2. The SMILES string of the molecule is C[Si-](C)CCC1CC2C=CC1C2. The fourth-order valence-corrected chi connectivity index (χ4v) is 3.65. The first kappa shape index (κ1) is 8.55. The lowest BCUT2D eigenvalue weighted by molar-refractivity contribution is 0.433. The lowest BCUT2D eigenvalue weighted by Gasteiger charge is -2.23. The Morgan fingerprint density at radius 3 is 2.58 bits per heavy atom. The third-order valence-electron chi connectivity index (χ3n) is 3.43. The molecule has 12 heavy (non-hydrogen) atoms. The van der Waals surface area contributed by atoms with Gasteiger partial charge in [-0.1, -0.05) is 18.6 Å². The molecule has 2 rings (SSSR count). The van der Waals surface area contributed by atoms with Crippen molar-refractivity contribution in [2.24, 2.45) is 17.8 Å². The maximum atomic E-state index is 2.48. The second-order valence-electron chi connectivity index (χ2n) is 4.79. The number of allylic oxidation sites excluding steroid dienone is 2. The molecular weight excluding hydrogens is 160 g/mol. The van der Waals surface area contributed by atoms with Gasteiger partial charge in [-0.2, -0.15) is 19.1 Å². The third kappa shape index (κ3) is 1.66. The van der Waals surface area contributed by atoms with Gasteiger partial charge in [-0.3, -0.25) is 8.80 Å². The van der Waals surface area contributed by atoms with Gasteiger partial charge in [-0.15, -0.1) is 0 Å². The van der Waals surface area contributed by atoms with Crippen molar-refractivity contribution in [2.75, 3.05) is 0 Å². The molecule has 0 heterocycles. The Kier molecular flexibility index (Phi) is 2.40. The zero-order valence-corrected chi connectivity index (χ0v) is 9.22. The van der Waals surface area contributed by atoms with E-state index in [1.54, 1.807) is 0 Å². The molecule has 1 fully saturated rings. The van der Waals surface area contributed by atoms with E-state index in [1.165, 1.54) is 25.3 Å². The van der Waals surface area contributed by atoms with Gasteiger partial charge >= 0.3 is 0 Å². The summed E-state index contributed by atoms with van der Waals surface area (Å²) in [6, 6.07) is 1.53. The van der Waals surface area contributed by atoms with Crippen LogP contribution < -0.4 is 0 Å². The summed E-state index contributed by atoms with van der Waals surface area (Å²) >= 11 is 0. The number of rotatable bonds is 3. The van der Waals surface area contributed by atoms with Crippen LogP contribution in [0.4, 0.5) is 0 Å². The Balaban J connectivity index is 1.80. The molecule has 0 N–H and O–H groups in total. The molecule has 0 aromatic carbocycles. The van der Waals surface area contributed by atoms with Crippen molar-refractivity contribution in [3.05, 3.63) is 12.2 Å². The van der Waals surface area contributed by atoms with Crippen molar-refractivity contribution in [3.63, 3.8) is 0 Å². The standard InChI is InChI=1S/C11H19Si/c1-12(2)6-5-11-8-9-3-4-10(11)7-9/h3-4,9-11H,5-8H2,1-2H3/q-1. The molecule has 2 bridgehead atoms. The quantitative estimate of drug-likeness (QED) is 0.460. The van der Waals surface area contributed by atoms with Crippen LogP contribution in [0.25, 0.3) is 0 Å². The minimum absolute atomic E-state index is 0.0378. The van der Waals surface area contributed by atoms with E-state index in [-0.39, 0.29) is 8.80 Å². The van der Waals surface area contributed by atoms with Gasteiger partial charge in [0.05, 0.1) is 0 Å². The van der Waals surface area contributed by atoms with Gasteiger partial charge in [0.1, 0.15) is 0 Å². The Morgan fingerprint density at radius 1 is 1.25 bits per heavy atom. The highest BCUT2D eigenvalue weighted by molar-refractivity contribution is 6.55. The van der Waals surface area contributed by atoms with Crippen molar-refractivity contribution in [1.82, 2.24) is 0 Å². The first-order valence-electron chi connectivity index (χ1n) is 5.23. The van der Waals surface area contributed by atoms with Crippen molar-refractivity contribution >= 4 is 8.80 Å². The Bertz CT molecular complexity index is 183. The molecule has 1 heteroatoms. The van der Waals surface area contributed by atoms with Gasteiger partial charge in [0.2, 0.25) is 0 Å². The van der Waals surface area contributed by atoms with Crippen molar-refractivity contribution in [2.45, 2.75) is 38.4 Å². The van der Waals surface area contributed by atoms with E-state index in [9.17, 15) is 0 Å². The van der Waals surface area contributed by atoms with Crippen molar-refractivity contribution in [3.8, 4) is 0 Å². The van der Waals surface area contributed by atoms with Gasteiger partial charge in [0.25, 0.3) is 0 Å². The minimum Gasteiger partial charge on any atom is -0.267 e. The van der Waals surface area contributed by atoms with Gasteiger partial charge in [0, 0.05) is 0 Å². The summed E-state index contributed by atoms with van der Waals surface area (Å²) in [6.07, 6.45) is 9.45. The molecule has 0 aromatic rings. The summed E-state index contributed by atoms with van der Waals surface area (Å²) < 4.78 is 0. The molecule has 1 saturated carbocycles. The molecule has 3 atom stereocenters. The van der Waals surface area contributed by atoms with E-state index in [4.69, 9.17) is 0 Å². The van der Waals surface area contributed by atoms with Gasteiger partial charge < -0.3 is 0 Å². The van der Waals surface area contributed by atoms with Crippen molar-refractivity contribution in [1.29, 1.82) is 0 Å². The molecule has 0 amide bonds. The number of hydrogen-bond donors (Lipinski definition) is 0. The molecule has 0 spiro atoms. The topological polar surface area (TPSA) is 0 Å². The second-order valence-corrected chi connectivity index (χ2v) is 7.70. The van der Waals surface area contributed by atoms with Crippen LogP contribution in [-0.2, 0) is 0 Å². The van der Waals surface area contributed by atoms with Crippen LogP contribution in [-0.4, -0.2) is 8.80 Å². The smallest absolute Gasteiger partial charge is 0.0200 e. The summed E-state index contributed by atoms with van der Waals surface area (Å²) in [5.74, 6) is 3.03. The van der Waals surface area contributed by atoms with Crippen LogP contribution in [0, 0.1) is 17.8 Å². The molecule has 0 saturated heterocycles. The van der Waals surface area contributed by atoms with Crippen molar-refractivity contribution < 1.29 is 0 Å². The fourth-order valence-electron chi connectivity index (χ4n) is 2.70. The zero-order valence-electron chi connectivity index (χ0n) is 8.22. The van der Waals surface area contributed by atoms with Crippen LogP contribution in [0.3, 0.4) is 0 Å². The lowest BCUT2D eigenvalue weighted by Crippen LogP contribution is -2.10. The summed E-state index contributed by atoms with van der Waals surface area (Å²) in [5, 5.41) is 0. The van der Waals surface area contributed by atoms with Gasteiger partial charge in [-0.05, 0) is 30.6 Å². The first-order valence-corrected chi connectivity index (χ1v) is 7.94. The largest absolute Gasteiger partial charge is 0.267 e. The molecule has 2 aliphatic rings. The monoisotopic (exact) mass is 179 g/mol. The van der Waals surface area contributed by atoms with Crippen LogP contribution in [0.5, 0.6) is 0 Å². The number of hydrogen-bond acceptors (Lipinski definition) is 0. The van der Waals surface area contributed by atoms with E-state index in [0.717, 1.165) is 17.8 Å². The van der Waals surface area contributed by atoms with E-state index >= 15 is 0 Å². The van der Waals surface area contributed by atoms with Gasteiger partial charge in [-0.25, -0.2) is 0 Å². The first-order chi connectivity index (χ1) is 5.75. The molecule has 68 valence electrons. The molecule has 0 nitrogen and oxygen atoms in total. The van der Waals surface area contributed by atoms with Crippen LogP contribution in [0.15, 0.2) is 12.2 Å². The van der Waals surface area contributed by atoms with Crippen LogP contribution in [0.1, 0.15) is 19.3 Å². The van der Waals surface area contributed by atoms with Gasteiger partial charge in [0.15, 0.2) is 0 Å². The Morgan fingerprint density at radius 2 is 2.08 bits per heavy atom. The predicted octanol–water partition coefficient (Wildman–Crippen LogP) is 3.34. The van der Waals surface area contributed by atoms with E-state index in [1.807, 2.05) is 0 Å². The minimum atomic E-state index is 0.0378. The molecule has 0 aromatic heterocycles. The van der Waals surface area contributed by atoms with E-state index < -0.39 is 0 Å².